The topological polar surface area (TPSA) is 29.5 Å². The van der Waals surface area contributed by atoms with Crippen molar-refractivity contribution in [2.45, 2.75) is 13.8 Å². The molecule has 0 aliphatic rings. The van der Waals surface area contributed by atoms with Crippen molar-refractivity contribution in [3.05, 3.63) is 36.2 Å². The summed E-state index contributed by atoms with van der Waals surface area (Å²) in [7, 11) is 1.54. The van der Waals surface area contributed by atoms with Crippen LogP contribution in [0.4, 0.5) is 14.9 Å². The van der Waals surface area contributed by atoms with E-state index in [0.29, 0.717) is 11.3 Å². The van der Waals surface area contributed by atoms with Gasteiger partial charge in [0.05, 0.1) is 5.69 Å². The van der Waals surface area contributed by atoms with Gasteiger partial charge in [0, 0.05) is 12.6 Å². The number of anilines is 1. The first-order chi connectivity index (χ1) is 7.07. The summed E-state index contributed by atoms with van der Waals surface area (Å²) in [5.41, 5.74) is 0.926. The van der Waals surface area contributed by atoms with Gasteiger partial charge in [0.15, 0.2) is 0 Å². The third kappa shape index (κ3) is 2.46. The van der Waals surface area contributed by atoms with Crippen LogP contribution >= 0.6 is 0 Å². The fraction of sp³-hybridized carbons (Fsp3) is 0.273. The summed E-state index contributed by atoms with van der Waals surface area (Å²) in [5.74, 6) is -0.340. The van der Waals surface area contributed by atoms with Crippen molar-refractivity contribution in [1.29, 1.82) is 0 Å². The standard InChI is InChI=1S/C11H13FNO2/c1-4-15-11(14)13(3)10-7-5-6-9(12)8(10)2/h4-7H,1-3H3. The van der Waals surface area contributed by atoms with Crippen LogP contribution in [0.2, 0.25) is 0 Å². The van der Waals surface area contributed by atoms with Crippen LogP contribution in [0.15, 0.2) is 18.2 Å². The zero-order valence-corrected chi connectivity index (χ0v) is 8.95. The Hall–Kier alpha value is -1.58. The number of rotatable bonds is 2. The molecule has 0 atom stereocenters. The van der Waals surface area contributed by atoms with E-state index < -0.39 is 6.09 Å². The van der Waals surface area contributed by atoms with Crippen LogP contribution in [0, 0.1) is 19.3 Å². The molecule has 0 aliphatic heterocycles. The molecular weight excluding hydrogens is 197 g/mol. The summed E-state index contributed by atoms with van der Waals surface area (Å²) in [5, 5.41) is 0. The summed E-state index contributed by atoms with van der Waals surface area (Å²) in [6, 6.07) is 4.57. The fourth-order valence-electron chi connectivity index (χ4n) is 1.24. The van der Waals surface area contributed by atoms with Crippen molar-refractivity contribution in [3.63, 3.8) is 0 Å². The van der Waals surface area contributed by atoms with Crippen LogP contribution in [0.5, 0.6) is 0 Å². The number of carbonyl (C=O) groups is 1. The zero-order chi connectivity index (χ0) is 11.4. The van der Waals surface area contributed by atoms with Crippen molar-refractivity contribution in [2.75, 3.05) is 11.9 Å². The van der Waals surface area contributed by atoms with Crippen molar-refractivity contribution >= 4 is 11.8 Å². The zero-order valence-electron chi connectivity index (χ0n) is 8.95. The van der Waals surface area contributed by atoms with Crippen molar-refractivity contribution < 1.29 is 13.9 Å². The van der Waals surface area contributed by atoms with E-state index in [0.717, 1.165) is 0 Å². The van der Waals surface area contributed by atoms with Gasteiger partial charge in [-0.05, 0) is 26.0 Å². The highest BCUT2D eigenvalue weighted by molar-refractivity contribution is 5.88. The number of nitrogens with zero attached hydrogens (tertiary/aromatic N) is 1. The molecular formula is C11H13FNO2. The first-order valence-electron chi connectivity index (χ1n) is 4.55. The third-order valence-electron chi connectivity index (χ3n) is 2.09. The number of hydrogen-bond acceptors (Lipinski definition) is 2. The highest BCUT2D eigenvalue weighted by Crippen LogP contribution is 2.21. The van der Waals surface area contributed by atoms with Gasteiger partial charge >= 0.3 is 6.09 Å². The van der Waals surface area contributed by atoms with Crippen molar-refractivity contribution in [1.82, 2.24) is 0 Å². The Bertz CT molecular complexity index is 366. The highest BCUT2D eigenvalue weighted by atomic mass is 19.1. The van der Waals surface area contributed by atoms with Gasteiger partial charge in [0.25, 0.3) is 0 Å². The van der Waals surface area contributed by atoms with Gasteiger partial charge in [-0.25, -0.2) is 9.18 Å². The van der Waals surface area contributed by atoms with Crippen LogP contribution in [-0.2, 0) is 4.74 Å². The van der Waals surface area contributed by atoms with Gasteiger partial charge in [0.1, 0.15) is 12.4 Å². The molecule has 0 saturated carbocycles. The fourth-order valence-corrected chi connectivity index (χ4v) is 1.24. The number of hydrogen-bond donors (Lipinski definition) is 0. The van der Waals surface area contributed by atoms with Crippen LogP contribution in [-0.4, -0.2) is 13.1 Å². The lowest BCUT2D eigenvalue weighted by Crippen LogP contribution is -2.27. The molecule has 0 N–H and O–H groups in total. The van der Waals surface area contributed by atoms with E-state index in [1.54, 1.807) is 26.0 Å². The SMILES string of the molecule is C[CH]OC(=O)N(C)c1cccc(F)c1C. The maximum Gasteiger partial charge on any atom is 0.414 e. The van der Waals surface area contributed by atoms with Crippen molar-refractivity contribution in [2.24, 2.45) is 0 Å². The Labute approximate surface area is 88.5 Å². The molecule has 81 valence electrons. The van der Waals surface area contributed by atoms with Gasteiger partial charge in [0.2, 0.25) is 0 Å². The molecule has 0 spiro atoms. The number of benzene rings is 1. The summed E-state index contributed by atoms with van der Waals surface area (Å²) >= 11 is 0. The first kappa shape index (κ1) is 11.5. The molecule has 3 nitrogen and oxygen atoms in total. The minimum absolute atomic E-state index is 0.340. The monoisotopic (exact) mass is 210 g/mol. The molecule has 1 aromatic rings. The molecule has 0 aliphatic carbocycles. The predicted octanol–water partition coefficient (Wildman–Crippen LogP) is 2.89. The molecule has 0 heterocycles. The maximum absolute atomic E-state index is 13.2. The second kappa shape index (κ2) is 4.77. The molecule has 15 heavy (non-hydrogen) atoms. The largest absolute Gasteiger partial charge is 0.442 e. The average Bonchev–Trinajstić information content (AvgIpc) is 2.21. The molecule has 0 unspecified atom stereocenters. The van der Waals surface area contributed by atoms with Gasteiger partial charge in [-0.3, -0.25) is 4.90 Å². The molecule has 0 aromatic heterocycles. The number of ether oxygens (including phenoxy) is 1. The van der Waals surface area contributed by atoms with Crippen LogP contribution in [0.1, 0.15) is 12.5 Å². The quantitative estimate of drug-likeness (QED) is 0.751. The van der Waals surface area contributed by atoms with Crippen molar-refractivity contribution in [3.8, 4) is 0 Å². The summed E-state index contributed by atoms with van der Waals surface area (Å²) in [6.45, 7) is 4.50. The lowest BCUT2D eigenvalue weighted by atomic mass is 10.2. The molecule has 1 amide bonds. The number of halogens is 1. The normalized spacial score (nSPS) is 9.87. The molecule has 0 bridgehead atoms. The van der Waals surface area contributed by atoms with E-state index in [-0.39, 0.29) is 5.82 Å². The van der Waals surface area contributed by atoms with Crippen LogP contribution < -0.4 is 4.90 Å². The number of carbonyl (C=O) groups excluding carboxylic acids is 1. The highest BCUT2D eigenvalue weighted by Gasteiger charge is 2.15. The minimum Gasteiger partial charge on any atom is -0.442 e. The minimum atomic E-state index is -0.536. The van der Waals surface area contributed by atoms with E-state index in [4.69, 9.17) is 4.74 Å². The van der Waals surface area contributed by atoms with E-state index in [2.05, 4.69) is 0 Å². The smallest absolute Gasteiger partial charge is 0.414 e. The molecule has 4 heteroatoms. The average molecular weight is 210 g/mol. The predicted molar refractivity (Wildman–Crippen MR) is 56.0 cm³/mol. The van der Waals surface area contributed by atoms with Crippen LogP contribution in [0.25, 0.3) is 0 Å². The van der Waals surface area contributed by atoms with Gasteiger partial charge in [-0.1, -0.05) is 6.07 Å². The Morgan fingerprint density at radius 3 is 2.80 bits per heavy atom. The van der Waals surface area contributed by atoms with Gasteiger partial charge in [-0.2, -0.15) is 0 Å². The lowest BCUT2D eigenvalue weighted by Gasteiger charge is -2.18. The maximum atomic E-state index is 13.2. The Balaban J connectivity index is 2.96. The van der Waals surface area contributed by atoms with E-state index in [1.165, 1.54) is 24.6 Å². The summed E-state index contributed by atoms with van der Waals surface area (Å²) in [4.78, 5) is 12.6. The van der Waals surface area contributed by atoms with Gasteiger partial charge in [-0.15, -0.1) is 0 Å². The Morgan fingerprint density at radius 2 is 2.20 bits per heavy atom. The molecule has 1 radical (unpaired) electrons. The molecule has 1 rings (SSSR count). The molecule has 0 saturated heterocycles. The number of amides is 1. The summed E-state index contributed by atoms with van der Waals surface area (Å²) < 4.78 is 17.9. The summed E-state index contributed by atoms with van der Waals surface area (Å²) in [6.07, 6.45) is -0.536. The van der Waals surface area contributed by atoms with E-state index in [1.807, 2.05) is 0 Å². The lowest BCUT2D eigenvalue weighted by molar-refractivity contribution is 0.182. The Morgan fingerprint density at radius 1 is 1.53 bits per heavy atom. The first-order valence-corrected chi connectivity index (χ1v) is 4.55. The third-order valence-corrected chi connectivity index (χ3v) is 2.09. The van der Waals surface area contributed by atoms with E-state index >= 15 is 0 Å². The molecule has 1 aromatic carbocycles. The Kier molecular flexibility index (Phi) is 3.66. The molecule has 0 fully saturated rings. The second-order valence-corrected chi connectivity index (χ2v) is 3.06. The van der Waals surface area contributed by atoms with E-state index in [9.17, 15) is 9.18 Å². The second-order valence-electron chi connectivity index (χ2n) is 3.06. The van der Waals surface area contributed by atoms with Crippen LogP contribution in [0.3, 0.4) is 0 Å². The van der Waals surface area contributed by atoms with Gasteiger partial charge < -0.3 is 4.74 Å².